The standard InChI is InChI=1S/C12H17N3O4S.ClH/c1-8-5-11(15(16)17)12(6-9(8)2)20(18,19)14-4-3-10(13)7-14;/h5-6,10H,3-4,7,13H2,1-2H3;1H/t10-;/m0./s1. The Bertz CT molecular complexity index is 663. The number of nitrogens with zero attached hydrogens (tertiary/aromatic N) is 2. The van der Waals surface area contributed by atoms with Crippen LogP contribution in [-0.4, -0.2) is 36.8 Å². The van der Waals surface area contributed by atoms with Gasteiger partial charge in [0.1, 0.15) is 0 Å². The second-order valence-corrected chi connectivity index (χ2v) is 6.98. The Morgan fingerprint density at radius 1 is 1.33 bits per heavy atom. The molecular formula is C12H18ClN3O4S. The van der Waals surface area contributed by atoms with Gasteiger partial charge in [-0.05, 0) is 37.5 Å². The minimum atomic E-state index is -3.87. The van der Waals surface area contributed by atoms with Gasteiger partial charge in [-0.25, -0.2) is 8.42 Å². The average molecular weight is 336 g/mol. The summed E-state index contributed by atoms with van der Waals surface area (Å²) in [5.41, 5.74) is 6.73. The Morgan fingerprint density at radius 2 is 1.90 bits per heavy atom. The number of nitro benzene ring substituents is 1. The van der Waals surface area contributed by atoms with E-state index >= 15 is 0 Å². The quantitative estimate of drug-likeness (QED) is 0.663. The normalized spacial score (nSPS) is 19.3. The maximum atomic E-state index is 12.5. The molecule has 2 N–H and O–H groups in total. The second kappa shape index (κ2) is 6.27. The lowest BCUT2D eigenvalue weighted by Crippen LogP contribution is -2.32. The van der Waals surface area contributed by atoms with Crippen molar-refractivity contribution in [1.29, 1.82) is 0 Å². The average Bonchev–Trinajstić information content (AvgIpc) is 2.79. The van der Waals surface area contributed by atoms with E-state index in [1.54, 1.807) is 13.8 Å². The number of benzene rings is 1. The molecule has 0 spiro atoms. The van der Waals surface area contributed by atoms with Crippen molar-refractivity contribution in [3.63, 3.8) is 0 Å². The van der Waals surface area contributed by atoms with Gasteiger partial charge in [-0.1, -0.05) is 0 Å². The molecule has 7 nitrogen and oxygen atoms in total. The van der Waals surface area contributed by atoms with E-state index in [0.717, 1.165) is 0 Å². The predicted octanol–water partition coefficient (Wildman–Crippen LogP) is 1.36. The summed E-state index contributed by atoms with van der Waals surface area (Å²) in [6, 6.07) is 2.46. The smallest absolute Gasteiger partial charge is 0.289 e. The molecule has 0 unspecified atom stereocenters. The SMILES string of the molecule is Cc1cc([N+](=O)[O-])c(S(=O)(=O)N2CC[C@H](N)C2)cc1C.Cl. The molecule has 2 rings (SSSR count). The third-order valence-electron chi connectivity index (χ3n) is 3.58. The summed E-state index contributed by atoms with van der Waals surface area (Å²) in [6.07, 6.45) is 0.567. The van der Waals surface area contributed by atoms with E-state index < -0.39 is 14.9 Å². The van der Waals surface area contributed by atoms with Gasteiger partial charge < -0.3 is 5.73 Å². The Balaban J connectivity index is 0.00000220. The Kier molecular flexibility index (Phi) is 5.32. The Morgan fingerprint density at radius 3 is 2.38 bits per heavy atom. The summed E-state index contributed by atoms with van der Waals surface area (Å²) >= 11 is 0. The van der Waals surface area contributed by atoms with Gasteiger partial charge in [-0.15, -0.1) is 12.4 Å². The number of halogens is 1. The van der Waals surface area contributed by atoms with Gasteiger partial charge in [0.25, 0.3) is 5.69 Å². The summed E-state index contributed by atoms with van der Waals surface area (Å²) < 4.78 is 26.3. The van der Waals surface area contributed by atoms with Crippen LogP contribution in [0.1, 0.15) is 17.5 Å². The van der Waals surface area contributed by atoms with Crippen LogP contribution in [0.4, 0.5) is 5.69 Å². The maximum Gasteiger partial charge on any atom is 0.289 e. The van der Waals surface area contributed by atoms with Gasteiger partial charge >= 0.3 is 0 Å². The minimum Gasteiger partial charge on any atom is -0.326 e. The van der Waals surface area contributed by atoms with Gasteiger partial charge in [0.2, 0.25) is 10.0 Å². The molecule has 0 bridgehead atoms. The molecule has 0 saturated carbocycles. The molecule has 1 aromatic carbocycles. The van der Waals surface area contributed by atoms with Crippen LogP contribution in [0.15, 0.2) is 17.0 Å². The lowest BCUT2D eigenvalue weighted by Gasteiger charge is -2.16. The van der Waals surface area contributed by atoms with Crippen molar-refractivity contribution in [2.75, 3.05) is 13.1 Å². The van der Waals surface area contributed by atoms with Crippen molar-refractivity contribution < 1.29 is 13.3 Å². The van der Waals surface area contributed by atoms with Crippen molar-refractivity contribution in [1.82, 2.24) is 4.31 Å². The molecular weight excluding hydrogens is 318 g/mol. The first-order chi connectivity index (χ1) is 9.23. The maximum absolute atomic E-state index is 12.5. The molecule has 9 heteroatoms. The number of hydrogen-bond acceptors (Lipinski definition) is 5. The highest BCUT2D eigenvalue weighted by molar-refractivity contribution is 7.89. The number of nitro groups is 1. The summed E-state index contributed by atoms with van der Waals surface area (Å²) in [5.74, 6) is 0. The fraction of sp³-hybridized carbons (Fsp3) is 0.500. The van der Waals surface area contributed by atoms with Crippen molar-refractivity contribution >= 4 is 28.1 Å². The molecule has 1 saturated heterocycles. The first-order valence-electron chi connectivity index (χ1n) is 6.25. The van der Waals surface area contributed by atoms with Gasteiger partial charge in [-0.2, -0.15) is 4.31 Å². The largest absolute Gasteiger partial charge is 0.326 e. The Hall–Kier alpha value is -1.22. The Labute approximate surface area is 129 Å². The molecule has 118 valence electrons. The van der Waals surface area contributed by atoms with E-state index in [1.807, 2.05) is 0 Å². The van der Waals surface area contributed by atoms with E-state index in [4.69, 9.17) is 5.73 Å². The zero-order valence-corrected chi connectivity index (χ0v) is 13.4. The summed E-state index contributed by atoms with van der Waals surface area (Å²) in [6.45, 7) is 3.94. The van der Waals surface area contributed by atoms with Crippen LogP contribution in [0.5, 0.6) is 0 Å². The zero-order chi connectivity index (χ0) is 15.1. The van der Waals surface area contributed by atoms with Gasteiger partial charge in [0, 0.05) is 25.2 Å². The molecule has 1 atom stereocenters. The lowest BCUT2D eigenvalue weighted by atomic mass is 10.1. The third kappa shape index (κ3) is 3.34. The van der Waals surface area contributed by atoms with Crippen molar-refractivity contribution in [3.05, 3.63) is 33.4 Å². The summed E-state index contributed by atoms with van der Waals surface area (Å²) in [5, 5.41) is 11.1. The number of nitrogens with two attached hydrogens (primary N) is 1. The number of rotatable bonds is 3. The third-order valence-corrected chi connectivity index (χ3v) is 5.47. The topological polar surface area (TPSA) is 107 Å². The van der Waals surface area contributed by atoms with Gasteiger partial charge in [0.05, 0.1) is 4.92 Å². The van der Waals surface area contributed by atoms with Crippen LogP contribution in [0.25, 0.3) is 0 Å². The predicted molar refractivity (Wildman–Crippen MR) is 81.2 cm³/mol. The first-order valence-corrected chi connectivity index (χ1v) is 7.69. The van der Waals surface area contributed by atoms with Crippen LogP contribution in [0, 0.1) is 24.0 Å². The van der Waals surface area contributed by atoms with E-state index in [-0.39, 0.29) is 35.6 Å². The molecule has 1 fully saturated rings. The van der Waals surface area contributed by atoms with E-state index in [9.17, 15) is 18.5 Å². The first kappa shape index (κ1) is 17.8. The molecule has 1 aliphatic heterocycles. The molecule has 0 radical (unpaired) electrons. The van der Waals surface area contributed by atoms with E-state index in [0.29, 0.717) is 24.1 Å². The molecule has 1 aliphatic rings. The molecule has 1 aromatic rings. The van der Waals surface area contributed by atoms with Gasteiger partial charge in [0.15, 0.2) is 4.90 Å². The van der Waals surface area contributed by atoms with Crippen molar-refractivity contribution in [2.24, 2.45) is 5.73 Å². The van der Waals surface area contributed by atoms with Crippen LogP contribution < -0.4 is 5.73 Å². The number of sulfonamides is 1. The summed E-state index contributed by atoms with van der Waals surface area (Å²) in [7, 11) is -3.87. The van der Waals surface area contributed by atoms with Crippen LogP contribution in [0.3, 0.4) is 0 Å². The number of aryl methyl sites for hydroxylation is 2. The number of hydrogen-bond donors (Lipinski definition) is 1. The fourth-order valence-corrected chi connectivity index (χ4v) is 3.97. The van der Waals surface area contributed by atoms with E-state index in [2.05, 4.69) is 0 Å². The highest BCUT2D eigenvalue weighted by atomic mass is 35.5. The zero-order valence-electron chi connectivity index (χ0n) is 11.8. The molecule has 0 aliphatic carbocycles. The monoisotopic (exact) mass is 335 g/mol. The highest BCUT2D eigenvalue weighted by Gasteiger charge is 2.35. The minimum absolute atomic E-state index is 0. The summed E-state index contributed by atoms with van der Waals surface area (Å²) in [4.78, 5) is 10.2. The van der Waals surface area contributed by atoms with Crippen LogP contribution in [-0.2, 0) is 10.0 Å². The van der Waals surface area contributed by atoms with Crippen molar-refractivity contribution in [2.45, 2.75) is 31.2 Å². The fourth-order valence-electron chi connectivity index (χ4n) is 2.24. The van der Waals surface area contributed by atoms with Gasteiger partial charge in [-0.3, -0.25) is 10.1 Å². The molecule has 21 heavy (non-hydrogen) atoms. The van der Waals surface area contributed by atoms with Crippen LogP contribution >= 0.6 is 12.4 Å². The van der Waals surface area contributed by atoms with E-state index in [1.165, 1.54) is 16.4 Å². The second-order valence-electron chi connectivity index (χ2n) is 5.07. The molecule has 1 heterocycles. The molecule has 0 aromatic heterocycles. The van der Waals surface area contributed by atoms with Crippen molar-refractivity contribution in [3.8, 4) is 0 Å². The highest BCUT2D eigenvalue weighted by Crippen LogP contribution is 2.31. The molecule has 0 amide bonds. The lowest BCUT2D eigenvalue weighted by molar-refractivity contribution is -0.387. The van der Waals surface area contributed by atoms with Crippen LogP contribution in [0.2, 0.25) is 0 Å².